The summed E-state index contributed by atoms with van der Waals surface area (Å²) >= 11 is 0. The molecule has 146 valence electrons. The predicted molar refractivity (Wildman–Crippen MR) is 91.2 cm³/mol. The van der Waals surface area contributed by atoms with Gasteiger partial charge in [-0.3, -0.25) is 9.59 Å². The molecule has 0 radical (unpaired) electrons. The van der Waals surface area contributed by atoms with Crippen molar-refractivity contribution in [3.63, 3.8) is 0 Å². The third-order valence-corrected chi connectivity index (χ3v) is 3.02. The van der Waals surface area contributed by atoms with Crippen molar-refractivity contribution in [2.24, 2.45) is 0 Å². The largest absolute Gasteiger partial charge is 0.502 e. The lowest BCUT2D eigenvalue weighted by Crippen LogP contribution is -2.05. The summed E-state index contributed by atoms with van der Waals surface area (Å²) < 4.78 is 19.3. The van der Waals surface area contributed by atoms with Crippen LogP contribution in [0.5, 0.6) is 11.5 Å². The Bertz CT molecular complexity index is 942. The Balaban J connectivity index is 1.74. The molecule has 10 nitrogen and oxygen atoms in total. The van der Waals surface area contributed by atoms with Crippen molar-refractivity contribution < 1.29 is 38.1 Å². The third kappa shape index (κ3) is 6.33. The molecule has 0 atom stereocenters. The summed E-state index contributed by atoms with van der Waals surface area (Å²) in [7, 11) is 0. The Kier molecular flexibility index (Phi) is 6.92. The molecule has 2 aromatic rings. The van der Waals surface area contributed by atoms with E-state index in [4.69, 9.17) is 28.5 Å². The van der Waals surface area contributed by atoms with E-state index < -0.39 is 34.3 Å². The van der Waals surface area contributed by atoms with Crippen LogP contribution in [-0.2, 0) is 32.3 Å². The van der Waals surface area contributed by atoms with Crippen molar-refractivity contribution >= 4 is 11.9 Å². The van der Waals surface area contributed by atoms with E-state index in [0.717, 1.165) is 36.8 Å². The number of carbonyl (C=O) groups is 2. The van der Waals surface area contributed by atoms with Crippen LogP contribution in [0.25, 0.3) is 0 Å². The smallest absolute Gasteiger partial charge is 0.331 e. The lowest BCUT2D eigenvalue weighted by molar-refractivity contribution is -0.140. The van der Waals surface area contributed by atoms with Gasteiger partial charge < -0.3 is 28.5 Å². The van der Waals surface area contributed by atoms with Crippen LogP contribution in [0, 0.1) is 0 Å². The fourth-order valence-electron chi connectivity index (χ4n) is 1.69. The fraction of sp³-hybridized carbons (Fsp3) is 0.111. The molecule has 0 bridgehead atoms. The minimum absolute atomic E-state index is 0.0459. The molecule has 0 aliphatic heterocycles. The molecule has 0 fully saturated rings. The third-order valence-electron chi connectivity index (χ3n) is 3.02. The first-order valence-electron chi connectivity index (χ1n) is 7.65. The standard InChI is InChI=1S/C18H14O10/c19-13-5-11(25-9-15(13)21)7-27-17(23)3-1-2-4-18(24)28-8-12-6-14(20)16(22)10-26-12/h1-6,9-10,21-22H,7-8H2. The maximum atomic E-state index is 11.5. The monoisotopic (exact) mass is 390 g/mol. The maximum absolute atomic E-state index is 11.5. The van der Waals surface area contributed by atoms with Crippen LogP contribution in [-0.4, -0.2) is 22.2 Å². The lowest BCUT2D eigenvalue weighted by Gasteiger charge is -2.01. The van der Waals surface area contributed by atoms with Crippen LogP contribution in [0.2, 0.25) is 0 Å². The van der Waals surface area contributed by atoms with Crippen molar-refractivity contribution in [2.75, 3.05) is 0 Å². The zero-order valence-corrected chi connectivity index (χ0v) is 14.2. The van der Waals surface area contributed by atoms with E-state index in [2.05, 4.69) is 0 Å². The zero-order valence-electron chi connectivity index (χ0n) is 14.2. The van der Waals surface area contributed by atoms with Crippen molar-refractivity contribution in [1.82, 2.24) is 0 Å². The highest BCUT2D eigenvalue weighted by molar-refractivity contribution is 5.84. The van der Waals surface area contributed by atoms with Crippen LogP contribution in [0.4, 0.5) is 0 Å². The second-order valence-electron chi connectivity index (χ2n) is 5.13. The Hall–Kier alpha value is -4.08. The van der Waals surface area contributed by atoms with E-state index in [1.165, 1.54) is 12.2 Å². The number of aromatic hydroxyl groups is 2. The molecule has 0 aliphatic carbocycles. The van der Waals surface area contributed by atoms with E-state index in [1.54, 1.807) is 0 Å². The van der Waals surface area contributed by atoms with E-state index in [-0.39, 0.29) is 24.7 Å². The molecular weight excluding hydrogens is 376 g/mol. The molecule has 0 aliphatic rings. The van der Waals surface area contributed by atoms with Gasteiger partial charge in [-0.1, -0.05) is 12.2 Å². The first-order valence-corrected chi connectivity index (χ1v) is 7.65. The maximum Gasteiger partial charge on any atom is 0.331 e. The average molecular weight is 390 g/mol. The highest BCUT2D eigenvalue weighted by Crippen LogP contribution is 2.06. The van der Waals surface area contributed by atoms with Gasteiger partial charge in [0.2, 0.25) is 10.9 Å². The molecule has 2 rings (SSSR count). The van der Waals surface area contributed by atoms with Gasteiger partial charge in [0.1, 0.15) is 37.3 Å². The number of ether oxygens (including phenoxy) is 2. The molecule has 28 heavy (non-hydrogen) atoms. The van der Waals surface area contributed by atoms with Crippen LogP contribution in [0.3, 0.4) is 0 Å². The quantitative estimate of drug-likeness (QED) is 0.396. The molecule has 0 saturated heterocycles. The number of carbonyl (C=O) groups excluding carboxylic acids is 2. The second-order valence-corrected chi connectivity index (χ2v) is 5.13. The van der Waals surface area contributed by atoms with E-state index in [9.17, 15) is 19.2 Å². The van der Waals surface area contributed by atoms with Gasteiger partial charge in [0.15, 0.2) is 11.5 Å². The van der Waals surface area contributed by atoms with Gasteiger partial charge in [-0.25, -0.2) is 9.59 Å². The summed E-state index contributed by atoms with van der Waals surface area (Å²) in [4.78, 5) is 45.4. The minimum Gasteiger partial charge on any atom is -0.502 e. The molecule has 10 heteroatoms. The summed E-state index contributed by atoms with van der Waals surface area (Å²) in [5.74, 6) is -2.55. The molecular formula is C18H14O10. The average Bonchev–Trinajstić information content (AvgIpc) is 2.67. The summed E-state index contributed by atoms with van der Waals surface area (Å²) in [5, 5.41) is 18.1. The fourth-order valence-corrected chi connectivity index (χ4v) is 1.69. The van der Waals surface area contributed by atoms with Crippen molar-refractivity contribution in [2.45, 2.75) is 13.2 Å². The number of hydrogen-bond donors (Lipinski definition) is 2. The Morgan fingerprint density at radius 2 is 1.21 bits per heavy atom. The first-order chi connectivity index (χ1) is 13.3. The Labute approximate surface area is 156 Å². The predicted octanol–water partition coefficient (Wildman–Crippen LogP) is 0.903. The summed E-state index contributed by atoms with van der Waals surface area (Å²) in [6.45, 7) is -0.634. The van der Waals surface area contributed by atoms with Gasteiger partial charge in [-0.05, 0) is 0 Å². The molecule has 0 unspecified atom stereocenters. The summed E-state index contributed by atoms with van der Waals surface area (Å²) in [5.41, 5.74) is -1.33. The summed E-state index contributed by atoms with van der Waals surface area (Å²) in [6, 6.07) is 1.97. The molecule has 2 heterocycles. The molecule has 2 N–H and O–H groups in total. The SMILES string of the molecule is O=C(C=CC=CC(=O)OCc1cc(=O)c(O)co1)OCc1cc(=O)c(O)co1. The minimum atomic E-state index is -0.764. The normalized spacial score (nSPS) is 11.0. The molecule has 2 aromatic heterocycles. The number of hydrogen-bond acceptors (Lipinski definition) is 10. The van der Waals surface area contributed by atoms with E-state index >= 15 is 0 Å². The van der Waals surface area contributed by atoms with Crippen molar-refractivity contribution in [1.29, 1.82) is 0 Å². The van der Waals surface area contributed by atoms with Gasteiger partial charge in [0, 0.05) is 24.3 Å². The van der Waals surface area contributed by atoms with Gasteiger partial charge in [-0.2, -0.15) is 0 Å². The van der Waals surface area contributed by atoms with Gasteiger partial charge in [0.25, 0.3) is 0 Å². The van der Waals surface area contributed by atoms with E-state index in [1.807, 2.05) is 0 Å². The highest BCUT2D eigenvalue weighted by Gasteiger charge is 2.05. The topological polar surface area (TPSA) is 153 Å². The molecule has 0 spiro atoms. The second kappa shape index (κ2) is 9.57. The van der Waals surface area contributed by atoms with Crippen LogP contribution in [0.15, 0.2) is 67.4 Å². The summed E-state index contributed by atoms with van der Waals surface area (Å²) in [6.07, 6.45) is 6.13. The van der Waals surface area contributed by atoms with Gasteiger partial charge >= 0.3 is 11.9 Å². The van der Waals surface area contributed by atoms with Gasteiger partial charge in [-0.15, -0.1) is 0 Å². The molecule has 0 aromatic carbocycles. The van der Waals surface area contributed by atoms with Crippen LogP contribution < -0.4 is 10.9 Å². The van der Waals surface area contributed by atoms with Crippen molar-refractivity contribution in [3.05, 3.63) is 80.9 Å². The Morgan fingerprint density at radius 1 is 0.821 bits per heavy atom. The number of esters is 2. The van der Waals surface area contributed by atoms with Gasteiger partial charge in [0.05, 0.1) is 0 Å². The zero-order chi connectivity index (χ0) is 20.5. The first kappa shape index (κ1) is 20.2. The number of rotatable bonds is 7. The molecule has 0 saturated carbocycles. The van der Waals surface area contributed by atoms with Crippen LogP contribution >= 0.6 is 0 Å². The van der Waals surface area contributed by atoms with Crippen molar-refractivity contribution in [3.8, 4) is 11.5 Å². The lowest BCUT2D eigenvalue weighted by atomic mass is 10.4. The van der Waals surface area contributed by atoms with Crippen LogP contribution in [0.1, 0.15) is 11.5 Å². The highest BCUT2D eigenvalue weighted by atomic mass is 16.5. The number of allylic oxidation sites excluding steroid dienone is 2. The Morgan fingerprint density at radius 3 is 1.57 bits per heavy atom. The molecule has 0 amide bonds. The van der Waals surface area contributed by atoms with E-state index in [0.29, 0.717) is 0 Å².